The van der Waals surface area contributed by atoms with Crippen molar-refractivity contribution in [3.05, 3.63) is 90.1 Å². The van der Waals surface area contributed by atoms with Crippen LogP contribution < -0.4 is 20.3 Å². The summed E-state index contributed by atoms with van der Waals surface area (Å²) in [7, 11) is -2.33. The van der Waals surface area contributed by atoms with E-state index in [1.165, 1.54) is 31.4 Å². The second-order valence-electron chi connectivity index (χ2n) is 7.01. The number of methoxy groups -OCH3 is 1. The van der Waals surface area contributed by atoms with Gasteiger partial charge in [-0.15, -0.1) is 0 Å². The molecule has 33 heavy (non-hydrogen) atoms. The number of aromatic amines is 1. The highest BCUT2D eigenvalue weighted by atomic mass is 32.2. The molecule has 4 N–H and O–H groups in total. The standard InChI is InChI=1S/C23H20N4O5S/c1-32-17-10-8-16(9-11-17)27-33(30,31)18-12-6-15(7-13-18)22(28)25-26-23(29)20-14-24-21-5-3-2-4-19(20)21/h2-14,24,27H,1H3,(H,25,28)(H,26,29). The largest absolute Gasteiger partial charge is 0.497 e. The van der Waals surface area contributed by atoms with Gasteiger partial charge in [-0.2, -0.15) is 0 Å². The zero-order valence-electron chi connectivity index (χ0n) is 17.5. The lowest BCUT2D eigenvalue weighted by molar-refractivity contribution is 0.0847. The summed E-state index contributed by atoms with van der Waals surface area (Å²) in [5, 5.41) is 0.725. The fourth-order valence-electron chi connectivity index (χ4n) is 3.17. The van der Waals surface area contributed by atoms with Crippen molar-refractivity contribution in [3.8, 4) is 5.75 Å². The summed E-state index contributed by atoms with van der Waals surface area (Å²) in [6.07, 6.45) is 1.56. The summed E-state index contributed by atoms with van der Waals surface area (Å²) >= 11 is 0. The quantitative estimate of drug-likeness (QED) is 0.326. The number of hydrogen-bond donors (Lipinski definition) is 4. The molecule has 0 bridgehead atoms. The van der Waals surface area contributed by atoms with Gasteiger partial charge >= 0.3 is 0 Å². The number of carbonyl (C=O) groups excluding carboxylic acids is 2. The third-order valence-corrected chi connectivity index (χ3v) is 6.29. The number of para-hydroxylation sites is 1. The molecule has 0 aliphatic heterocycles. The Bertz CT molecular complexity index is 1410. The van der Waals surface area contributed by atoms with Gasteiger partial charge in [0.1, 0.15) is 5.75 Å². The Labute approximate surface area is 189 Å². The molecule has 2 amide bonds. The van der Waals surface area contributed by atoms with E-state index in [9.17, 15) is 18.0 Å². The highest BCUT2D eigenvalue weighted by molar-refractivity contribution is 7.92. The van der Waals surface area contributed by atoms with Gasteiger partial charge in [0.2, 0.25) is 0 Å². The molecule has 0 atom stereocenters. The molecule has 0 unspecified atom stereocenters. The number of nitrogens with one attached hydrogen (secondary N) is 4. The lowest BCUT2D eigenvalue weighted by atomic mass is 10.2. The van der Waals surface area contributed by atoms with Gasteiger partial charge in [-0.1, -0.05) is 18.2 Å². The van der Waals surface area contributed by atoms with Crippen LogP contribution in [0, 0.1) is 0 Å². The number of rotatable bonds is 6. The molecule has 4 rings (SSSR count). The van der Waals surface area contributed by atoms with Crippen molar-refractivity contribution in [2.75, 3.05) is 11.8 Å². The summed E-state index contributed by atoms with van der Waals surface area (Å²) in [4.78, 5) is 27.8. The predicted molar refractivity (Wildman–Crippen MR) is 123 cm³/mol. The van der Waals surface area contributed by atoms with Crippen molar-refractivity contribution < 1.29 is 22.7 Å². The number of fused-ring (bicyclic) bond motifs is 1. The van der Waals surface area contributed by atoms with E-state index in [0.717, 1.165) is 10.9 Å². The Hall–Kier alpha value is -4.31. The summed E-state index contributed by atoms with van der Waals surface area (Å²) in [5.74, 6) is -0.468. The number of sulfonamides is 1. The van der Waals surface area contributed by atoms with E-state index in [1.807, 2.05) is 18.2 Å². The molecule has 0 fully saturated rings. The topological polar surface area (TPSA) is 129 Å². The van der Waals surface area contributed by atoms with Gasteiger partial charge in [0.25, 0.3) is 21.8 Å². The molecule has 0 spiro atoms. The zero-order valence-corrected chi connectivity index (χ0v) is 18.3. The molecular formula is C23H20N4O5S. The molecule has 0 saturated carbocycles. The third-order valence-electron chi connectivity index (χ3n) is 4.89. The summed E-state index contributed by atoms with van der Waals surface area (Å²) in [6, 6.07) is 19.0. The van der Waals surface area contributed by atoms with Crippen LogP contribution in [-0.4, -0.2) is 32.3 Å². The number of benzene rings is 3. The highest BCUT2D eigenvalue weighted by Crippen LogP contribution is 2.20. The van der Waals surface area contributed by atoms with Crippen molar-refractivity contribution in [1.29, 1.82) is 0 Å². The van der Waals surface area contributed by atoms with Crippen molar-refractivity contribution in [3.63, 3.8) is 0 Å². The van der Waals surface area contributed by atoms with E-state index in [2.05, 4.69) is 20.6 Å². The van der Waals surface area contributed by atoms with Gasteiger partial charge in [-0.05, 0) is 54.6 Å². The second-order valence-corrected chi connectivity index (χ2v) is 8.70. The maximum Gasteiger partial charge on any atom is 0.271 e. The number of H-pyrrole nitrogens is 1. The van der Waals surface area contributed by atoms with Crippen LogP contribution in [0.3, 0.4) is 0 Å². The van der Waals surface area contributed by atoms with E-state index in [0.29, 0.717) is 17.0 Å². The number of hydrazine groups is 1. The van der Waals surface area contributed by atoms with Crippen LogP contribution in [0.2, 0.25) is 0 Å². The SMILES string of the molecule is COc1ccc(NS(=O)(=O)c2ccc(C(=O)NNC(=O)c3c[nH]c4ccccc34)cc2)cc1. The van der Waals surface area contributed by atoms with Crippen LogP contribution >= 0.6 is 0 Å². The Morgan fingerprint density at radius 2 is 1.52 bits per heavy atom. The maximum atomic E-state index is 12.6. The monoisotopic (exact) mass is 464 g/mol. The Morgan fingerprint density at radius 1 is 0.848 bits per heavy atom. The van der Waals surface area contributed by atoms with Crippen LogP contribution in [0.1, 0.15) is 20.7 Å². The minimum atomic E-state index is -3.85. The fraction of sp³-hybridized carbons (Fsp3) is 0.0435. The smallest absolute Gasteiger partial charge is 0.271 e. The van der Waals surface area contributed by atoms with E-state index in [-0.39, 0.29) is 10.5 Å². The molecule has 1 heterocycles. The maximum absolute atomic E-state index is 12.6. The van der Waals surface area contributed by atoms with Gasteiger partial charge in [0.05, 0.1) is 17.6 Å². The summed E-state index contributed by atoms with van der Waals surface area (Å²) in [6.45, 7) is 0. The average Bonchev–Trinajstić information content (AvgIpc) is 3.27. The third kappa shape index (κ3) is 4.80. The van der Waals surface area contributed by atoms with Crippen molar-refractivity contribution >= 4 is 38.4 Å². The molecular weight excluding hydrogens is 444 g/mol. The second kappa shape index (κ2) is 9.05. The number of ether oxygens (including phenoxy) is 1. The first-order valence-corrected chi connectivity index (χ1v) is 11.3. The summed E-state index contributed by atoms with van der Waals surface area (Å²) in [5.41, 5.74) is 6.43. The number of aromatic nitrogens is 1. The van der Waals surface area contributed by atoms with Gasteiger partial charge < -0.3 is 9.72 Å². The lowest BCUT2D eigenvalue weighted by Gasteiger charge is -2.10. The van der Waals surface area contributed by atoms with Crippen molar-refractivity contribution in [1.82, 2.24) is 15.8 Å². The van der Waals surface area contributed by atoms with Gasteiger partial charge in [-0.3, -0.25) is 25.2 Å². The molecule has 3 aromatic carbocycles. The van der Waals surface area contributed by atoms with Crippen molar-refractivity contribution in [2.24, 2.45) is 0 Å². The van der Waals surface area contributed by atoms with Gasteiger partial charge in [0, 0.05) is 28.4 Å². The van der Waals surface area contributed by atoms with Crippen LogP contribution in [0.25, 0.3) is 10.9 Å². The molecule has 168 valence electrons. The van der Waals surface area contributed by atoms with Crippen LogP contribution in [-0.2, 0) is 10.0 Å². The Morgan fingerprint density at radius 3 is 2.21 bits per heavy atom. The minimum Gasteiger partial charge on any atom is -0.497 e. The molecule has 0 aliphatic rings. The number of amides is 2. The number of hydrogen-bond acceptors (Lipinski definition) is 5. The van der Waals surface area contributed by atoms with E-state index >= 15 is 0 Å². The molecule has 0 radical (unpaired) electrons. The average molecular weight is 465 g/mol. The van der Waals surface area contributed by atoms with Crippen LogP contribution in [0.15, 0.2) is 83.9 Å². The normalized spacial score (nSPS) is 11.1. The van der Waals surface area contributed by atoms with Crippen LogP contribution in [0.5, 0.6) is 5.75 Å². The molecule has 10 heteroatoms. The highest BCUT2D eigenvalue weighted by Gasteiger charge is 2.16. The minimum absolute atomic E-state index is 0.0160. The van der Waals surface area contributed by atoms with Crippen LogP contribution in [0.4, 0.5) is 5.69 Å². The molecule has 0 aliphatic carbocycles. The fourth-order valence-corrected chi connectivity index (χ4v) is 4.23. The number of carbonyl (C=O) groups is 2. The van der Waals surface area contributed by atoms with Gasteiger partial charge in [0.15, 0.2) is 0 Å². The summed E-state index contributed by atoms with van der Waals surface area (Å²) < 4.78 is 32.7. The number of anilines is 1. The first-order chi connectivity index (χ1) is 15.9. The van der Waals surface area contributed by atoms with Crippen molar-refractivity contribution in [2.45, 2.75) is 4.90 Å². The Balaban J connectivity index is 1.39. The predicted octanol–water partition coefficient (Wildman–Crippen LogP) is 3.05. The lowest BCUT2D eigenvalue weighted by Crippen LogP contribution is -2.41. The van der Waals surface area contributed by atoms with E-state index in [4.69, 9.17) is 4.74 Å². The zero-order chi connectivity index (χ0) is 23.4. The molecule has 9 nitrogen and oxygen atoms in total. The Kier molecular flexibility index (Phi) is 6.01. The van der Waals surface area contributed by atoms with Gasteiger partial charge in [-0.25, -0.2) is 8.42 Å². The first-order valence-electron chi connectivity index (χ1n) is 9.81. The molecule has 1 aromatic heterocycles. The van der Waals surface area contributed by atoms with E-state index < -0.39 is 21.8 Å². The first kappa shape index (κ1) is 21.9. The van der Waals surface area contributed by atoms with E-state index in [1.54, 1.807) is 36.5 Å². The molecule has 4 aromatic rings. The molecule has 0 saturated heterocycles.